The van der Waals surface area contributed by atoms with Crippen LogP contribution in [-0.2, 0) is 11.3 Å². The monoisotopic (exact) mass is 299 g/mol. The Morgan fingerprint density at radius 3 is 2.43 bits per heavy atom. The van der Waals surface area contributed by atoms with Gasteiger partial charge in [-0.15, -0.1) is 5.10 Å². The number of aromatic nitrogens is 3. The molecule has 0 amide bonds. The number of halogens is 1. The molecule has 106 valence electrons. The van der Waals surface area contributed by atoms with Crippen molar-refractivity contribution in [2.24, 2.45) is 0 Å². The molecule has 0 fully saturated rings. The van der Waals surface area contributed by atoms with Gasteiger partial charge in [0.25, 0.3) is 0 Å². The standard InChI is InChI=1S/C16H14ClN3O/c1-21-11-15-18-16(12-7-9-13(17)10-8-12)19-20(15)14-5-3-2-4-6-14/h2-10H,11H2,1H3. The number of rotatable bonds is 4. The summed E-state index contributed by atoms with van der Waals surface area (Å²) < 4.78 is 7.01. The highest BCUT2D eigenvalue weighted by Crippen LogP contribution is 2.20. The van der Waals surface area contributed by atoms with Gasteiger partial charge < -0.3 is 4.74 Å². The van der Waals surface area contributed by atoms with Gasteiger partial charge in [-0.1, -0.05) is 29.8 Å². The highest BCUT2D eigenvalue weighted by molar-refractivity contribution is 6.30. The van der Waals surface area contributed by atoms with Crippen LogP contribution < -0.4 is 0 Å². The number of nitrogens with zero attached hydrogens (tertiary/aromatic N) is 3. The van der Waals surface area contributed by atoms with Gasteiger partial charge in [-0.3, -0.25) is 0 Å². The average molecular weight is 300 g/mol. The molecule has 1 heterocycles. The van der Waals surface area contributed by atoms with Gasteiger partial charge in [-0.25, -0.2) is 9.67 Å². The van der Waals surface area contributed by atoms with Gasteiger partial charge >= 0.3 is 0 Å². The van der Waals surface area contributed by atoms with Crippen LogP contribution in [0.2, 0.25) is 5.02 Å². The van der Waals surface area contributed by atoms with E-state index in [2.05, 4.69) is 10.1 Å². The zero-order chi connectivity index (χ0) is 14.7. The summed E-state index contributed by atoms with van der Waals surface area (Å²) in [5.74, 6) is 1.41. The summed E-state index contributed by atoms with van der Waals surface area (Å²) in [6.07, 6.45) is 0. The minimum absolute atomic E-state index is 0.398. The van der Waals surface area contributed by atoms with Crippen molar-refractivity contribution in [2.45, 2.75) is 6.61 Å². The van der Waals surface area contributed by atoms with E-state index in [0.717, 1.165) is 17.1 Å². The van der Waals surface area contributed by atoms with Gasteiger partial charge in [-0.05, 0) is 36.4 Å². The summed E-state index contributed by atoms with van der Waals surface area (Å²) >= 11 is 5.92. The second-order valence-corrected chi connectivity index (χ2v) is 4.98. The molecule has 0 unspecified atom stereocenters. The molecule has 5 heteroatoms. The fraction of sp³-hybridized carbons (Fsp3) is 0.125. The van der Waals surface area contributed by atoms with Crippen LogP contribution in [0.3, 0.4) is 0 Å². The summed E-state index contributed by atoms with van der Waals surface area (Å²) in [7, 11) is 1.64. The second-order valence-electron chi connectivity index (χ2n) is 4.54. The van der Waals surface area contributed by atoms with E-state index >= 15 is 0 Å². The lowest BCUT2D eigenvalue weighted by atomic mass is 10.2. The Bertz CT molecular complexity index is 723. The molecule has 2 aromatic carbocycles. The van der Waals surface area contributed by atoms with E-state index in [4.69, 9.17) is 16.3 Å². The van der Waals surface area contributed by atoms with E-state index in [1.807, 2.05) is 54.6 Å². The van der Waals surface area contributed by atoms with E-state index in [-0.39, 0.29) is 0 Å². The van der Waals surface area contributed by atoms with Crippen LogP contribution in [0.1, 0.15) is 5.82 Å². The van der Waals surface area contributed by atoms with E-state index in [9.17, 15) is 0 Å². The lowest BCUT2D eigenvalue weighted by Crippen LogP contribution is -2.03. The first-order valence-electron chi connectivity index (χ1n) is 6.54. The Labute approximate surface area is 128 Å². The molecule has 0 N–H and O–H groups in total. The van der Waals surface area contributed by atoms with Gasteiger partial charge in [0.2, 0.25) is 0 Å². The molecule has 1 aromatic heterocycles. The van der Waals surface area contributed by atoms with Crippen molar-refractivity contribution in [3.8, 4) is 17.1 Å². The van der Waals surface area contributed by atoms with Crippen LogP contribution >= 0.6 is 11.6 Å². The molecule has 4 nitrogen and oxygen atoms in total. The first-order valence-corrected chi connectivity index (χ1v) is 6.92. The Morgan fingerprint density at radius 2 is 1.76 bits per heavy atom. The minimum atomic E-state index is 0.398. The molecule has 0 spiro atoms. The first kappa shape index (κ1) is 13.8. The molecule has 0 aliphatic carbocycles. The van der Waals surface area contributed by atoms with Crippen LogP contribution in [0.4, 0.5) is 0 Å². The maximum atomic E-state index is 5.92. The Balaban J connectivity index is 2.06. The molecular formula is C16H14ClN3O. The molecule has 0 aliphatic rings. The molecular weight excluding hydrogens is 286 g/mol. The lowest BCUT2D eigenvalue weighted by Gasteiger charge is -2.04. The molecule has 3 aromatic rings. The third-order valence-electron chi connectivity index (χ3n) is 3.05. The molecule has 0 saturated heterocycles. The predicted octanol–water partition coefficient (Wildman–Crippen LogP) is 3.73. The van der Waals surface area contributed by atoms with Gasteiger partial charge in [-0.2, -0.15) is 0 Å². The van der Waals surface area contributed by atoms with Crippen molar-refractivity contribution in [3.63, 3.8) is 0 Å². The van der Waals surface area contributed by atoms with Crippen molar-refractivity contribution >= 4 is 11.6 Å². The van der Waals surface area contributed by atoms with E-state index < -0.39 is 0 Å². The zero-order valence-electron chi connectivity index (χ0n) is 11.5. The molecule has 21 heavy (non-hydrogen) atoms. The average Bonchev–Trinajstić information content (AvgIpc) is 2.93. The third kappa shape index (κ3) is 2.96. The maximum absolute atomic E-state index is 5.92. The zero-order valence-corrected chi connectivity index (χ0v) is 12.3. The molecule has 0 bridgehead atoms. The highest BCUT2D eigenvalue weighted by Gasteiger charge is 2.12. The number of ether oxygens (including phenoxy) is 1. The van der Waals surface area contributed by atoms with Gasteiger partial charge in [0.05, 0.1) is 5.69 Å². The van der Waals surface area contributed by atoms with Crippen LogP contribution in [0.15, 0.2) is 54.6 Å². The fourth-order valence-electron chi connectivity index (χ4n) is 2.06. The Hall–Kier alpha value is -2.17. The summed E-state index contributed by atoms with van der Waals surface area (Å²) in [5.41, 5.74) is 1.88. The largest absolute Gasteiger partial charge is 0.377 e. The van der Waals surface area contributed by atoms with Crippen molar-refractivity contribution in [1.82, 2.24) is 14.8 Å². The number of methoxy groups -OCH3 is 1. The molecule has 0 saturated carbocycles. The Morgan fingerprint density at radius 1 is 1.05 bits per heavy atom. The lowest BCUT2D eigenvalue weighted by molar-refractivity contribution is 0.176. The van der Waals surface area contributed by atoms with Crippen LogP contribution in [-0.4, -0.2) is 21.9 Å². The van der Waals surface area contributed by atoms with Gasteiger partial charge in [0, 0.05) is 17.7 Å². The molecule has 0 atom stereocenters. The third-order valence-corrected chi connectivity index (χ3v) is 3.30. The van der Waals surface area contributed by atoms with E-state index in [1.165, 1.54) is 0 Å². The minimum Gasteiger partial charge on any atom is -0.377 e. The van der Waals surface area contributed by atoms with Crippen molar-refractivity contribution in [2.75, 3.05) is 7.11 Å². The fourth-order valence-corrected chi connectivity index (χ4v) is 2.19. The first-order chi connectivity index (χ1) is 10.3. The SMILES string of the molecule is COCc1nc(-c2ccc(Cl)cc2)nn1-c1ccccc1. The molecule has 0 aliphatic heterocycles. The highest BCUT2D eigenvalue weighted by atomic mass is 35.5. The van der Waals surface area contributed by atoms with Crippen LogP contribution in [0.5, 0.6) is 0 Å². The van der Waals surface area contributed by atoms with E-state index in [1.54, 1.807) is 11.8 Å². The molecule has 0 radical (unpaired) electrons. The van der Waals surface area contributed by atoms with E-state index in [0.29, 0.717) is 17.5 Å². The number of benzene rings is 2. The quantitative estimate of drug-likeness (QED) is 0.737. The van der Waals surface area contributed by atoms with Crippen molar-refractivity contribution in [1.29, 1.82) is 0 Å². The van der Waals surface area contributed by atoms with Crippen molar-refractivity contribution < 1.29 is 4.74 Å². The Kier molecular flexibility index (Phi) is 3.99. The number of hydrogen-bond acceptors (Lipinski definition) is 3. The summed E-state index contributed by atoms with van der Waals surface area (Å²) in [6, 6.07) is 17.3. The maximum Gasteiger partial charge on any atom is 0.181 e. The topological polar surface area (TPSA) is 39.9 Å². The van der Waals surface area contributed by atoms with Crippen LogP contribution in [0.25, 0.3) is 17.1 Å². The smallest absolute Gasteiger partial charge is 0.181 e. The van der Waals surface area contributed by atoms with Gasteiger partial charge in [0.1, 0.15) is 6.61 Å². The summed E-state index contributed by atoms with van der Waals surface area (Å²) in [4.78, 5) is 4.56. The molecule has 3 rings (SSSR count). The van der Waals surface area contributed by atoms with Gasteiger partial charge in [0.15, 0.2) is 11.6 Å². The normalized spacial score (nSPS) is 10.8. The summed E-state index contributed by atoms with van der Waals surface area (Å²) in [6.45, 7) is 0.398. The van der Waals surface area contributed by atoms with Crippen molar-refractivity contribution in [3.05, 3.63) is 65.4 Å². The second kappa shape index (κ2) is 6.08. The number of para-hydroxylation sites is 1. The predicted molar refractivity (Wildman–Crippen MR) is 82.5 cm³/mol. The number of hydrogen-bond donors (Lipinski definition) is 0. The summed E-state index contributed by atoms with van der Waals surface area (Å²) in [5, 5.41) is 5.27. The van der Waals surface area contributed by atoms with Crippen LogP contribution in [0, 0.1) is 0 Å².